The third-order valence-corrected chi connectivity index (χ3v) is 1.49. The van der Waals surface area contributed by atoms with Crippen molar-refractivity contribution in [2.75, 3.05) is 6.61 Å². The lowest BCUT2D eigenvalue weighted by Crippen LogP contribution is -2.21. The lowest BCUT2D eigenvalue weighted by molar-refractivity contribution is -0.158. The van der Waals surface area contributed by atoms with Gasteiger partial charge in [0.05, 0.1) is 6.61 Å². The van der Waals surface area contributed by atoms with Crippen molar-refractivity contribution in [1.82, 2.24) is 4.58 Å². The molecular formula is C7H14ClNO2. The quantitative estimate of drug-likeness (QED) is 0.368. The standard InChI is InChI=1S/C7H14ClNO2/c1-3-5-6-11-9(8)7(10)4-2/h3-6H2,1-2H3. The van der Waals surface area contributed by atoms with Gasteiger partial charge in [-0.05, 0) is 6.42 Å². The maximum atomic E-state index is 10.8. The molecule has 3 nitrogen and oxygen atoms in total. The van der Waals surface area contributed by atoms with E-state index in [1.165, 1.54) is 0 Å². The van der Waals surface area contributed by atoms with Gasteiger partial charge in [-0.1, -0.05) is 20.3 Å². The first kappa shape index (κ1) is 10.7. The Morgan fingerprint density at radius 3 is 2.64 bits per heavy atom. The van der Waals surface area contributed by atoms with E-state index in [4.69, 9.17) is 16.6 Å². The first-order chi connectivity index (χ1) is 5.22. The van der Waals surface area contributed by atoms with E-state index < -0.39 is 0 Å². The van der Waals surface area contributed by atoms with Gasteiger partial charge in [-0.15, -0.1) is 4.58 Å². The summed E-state index contributed by atoms with van der Waals surface area (Å²) in [5.41, 5.74) is 0. The molecule has 0 aromatic carbocycles. The van der Waals surface area contributed by atoms with Crippen LogP contribution in [0.25, 0.3) is 0 Å². The van der Waals surface area contributed by atoms with E-state index in [-0.39, 0.29) is 5.91 Å². The van der Waals surface area contributed by atoms with Crippen LogP contribution in [0, 0.1) is 0 Å². The summed E-state index contributed by atoms with van der Waals surface area (Å²) in [6.07, 6.45) is 2.32. The molecule has 0 heterocycles. The van der Waals surface area contributed by atoms with Gasteiger partial charge in [0.1, 0.15) is 0 Å². The lowest BCUT2D eigenvalue weighted by atomic mass is 10.4. The summed E-state index contributed by atoms with van der Waals surface area (Å²) in [6, 6.07) is 0. The summed E-state index contributed by atoms with van der Waals surface area (Å²) in [4.78, 5) is 15.7. The fourth-order valence-corrected chi connectivity index (χ4v) is 0.674. The second-order valence-corrected chi connectivity index (χ2v) is 2.49. The number of carbonyl (C=O) groups excluding carboxylic acids is 1. The van der Waals surface area contributed by atoms with E-state index in [1.54, 1.807) is 6.92 Å². The van der Waals surface area contributed by atoms with Crippen LogP contribution in [0.1, 0.15) is 33.1 Å². The molecule has 0 aromatic rings. The Morgan fingerprint density at radius 2 is 2.18 bits per heavy atom. The second kappa shape index (κ2) is 6.43. The summed E-state index contributed by atoms with van der Waals surface area (Å²) in [7, 11) is 0. The van der Waals surface area contributed by atoms with Crippen LogP contribution in [0.3, 0.4) is 0 Å². The number of unbranched alkanes of at least 4 members (excludes halogenated alkanes) is 1. The van der Waals surface area contributed by atoms with E-state index in [9.17, 15) is 4.79 Å². The number of nitrogens with zero attached hydrogens (tertiary/aromatic N) is 1. The Labute approximate surface area is 72.3 Å². The number of amides is 1. The Morgan fingerprint density at radius 1 is 1.55 bits per heavy atom. The van der Waals surface area contributed by atoms with Gasteiger partial charge >= 0.3 is 0 Å². The maximum absolute atomic E-state index is 10.8. The van der Waals surface area contributed by atoms with Gasteiger partial charge < -0.3 is 0 Å². The van der Waals surface area contributed by atoms with Crippen molar-refractivity contribution < 1.29 is 9.63 Å². The molecule has 0 atom stereocenters. The van der Waals surface area contributed by atoms with Crippen LogP contribution < -0.4 is 0 Å². The maximum Gasteiger partial charge on any atom is 0.261 e. The highest BCUT2D eigenvalue weighted by molar-refractivity contribution is 6.20. The summed E-state index contributed by atoms with van der Waals surface area (Å²) < 4.78 is 0.787. The molecular weight excluding hydrogens is 166 g/mol. The molecule has 1 amide bonds. The lowest BCUT2D eigenvalue weighted by Gasteiger charge is -2.11. The topological polar surface area (TPSA) is 29.5 Å². The average molecular weight is 180 g/mol. The minimum atomic E-state index is -0.206. The van der Waals surface area contributed by atoms with Crippen LogP contribution in [0.4, 0.5) is 0 Å². The summed E-state index contributed by atoms with van der Waals surface area (Å²) in [5, 5.41) is 0. The number of rotatable bonds is 5. The second-order valence-electron chi connectivity index (χ2n) is 2.18. The predicted octanol–water partition coefficient (Wildman–Crippen LogP) is 2.11. The van der Waals surface area contributed by atoms with Crippen molar-refractivity contribution in [2.24, 2.45) is 0 Å². The Kier molecular flexibility index (Phi) is 6.27. The largest absolute Gasteiger partial charge is 0.271 e. The molecule has 66 valence electrons. The van der Waals surface area contributed by atoms with Crippen molar-refractivity contribution in [3.8, 4) is 0 Å². The minimum absolute atomic E-state index is 0.206. The molecule has 0 aliphatic rings. The van der Waals surface area contributed by atoms with E-state index >= 15 is 0 Å². The zero-order valence-electron chi connectivity index (χ0n) is 6.97. The molecule has 0 unspecified atom stereocenters. The highest BCUT2D eigenvalue weighted by atomic mass is 35.5. The van der Waals surface area contributed by atoms with Gasteiger partial charge in [-0.25, -0.2) is 0 Å². The Balaban J connectivity index is 3.36. The fourth-order valence-electron chi connectivity index (χ4n) is 0.485. The molecule has 0 saturated carbocycles. The smallest absolute Gasteiger partial charge is 0.261 e. The Hall–Kier alpha value is -0.280. The molecule has 0 N–H and O–H groups in total. The Bertz CT molecular complexity index is 119. The van der Waals surface area contributed by atoms with E-state index in [2.05, 4.69) is 0 Å². The molecule has 0 bridgehead atoms. The molecule has 0 aliphatic carbocycles. The van der Waals surface area contributed by atoms with Crippen LogP contribution >= 0.6 is 11.8 Å². The molecule has 0 aromatic heterocycles. The molecule has 0 fully saturated rings. The number of hydrogen-bond acceptors (Lipinski definition) is 2. The van der Waals surface area contributed by atoms with Crippen LogP contribution in [-0.2, 0) is 9.63 Å². The van der Waals surface area contributed by atoms with Crippen LogP contribution in [0.15, 0.2) is 0 Å². The third kappa shape index (κ3) is 5.04. The van der Waals surface area contributed by atoms with Gasteiger partial charge in [-0.2, -0.15) is 0 Å². The summed E-state index contributed by atoms with van der Waals surface area (Å²) in [5.74, 6) is -0.206. The van der Waals surface area contributed by atoms with Gasteiger partial charge in [0.25, 0.3) is 5.91 Å². The van der Waals surface area contributed by atoms with Gasteiger partial charge in [0, 0.05) is 18.2 Å². The number of carbonyl (C=O) groups is 1. The molecule has 0 aliphatic heterocycles. The van der Waals surface area contributed by atoms with Gasteiger partial charge in [0.2, 0.25) is 0 Å². The summed E-state index contributed by atoms with van der Waals surface area (Å²) in [6.45, 7) is 4.29. The van der Waals surface area contributed by atoms with Gasteiger partial charge in [0.15, 0.2) is 0 Å². The van der Waals surface area contributed by atoms with Crippen molar-refractivity contribution in [3.05, 3.63) is 0 Å². The predicted molar refractivity (Wildman–Crippen MR) is 43.9 cm³/mol. The molecule has 0 saturated heterocycles. The van der Waals surface area contributed by atoms with Crippen molar-refractivity contribution in [2.45, 2.75) is 33.1 Å². The monoisotopic (exact) mass is 179 g/mol. The number of halogens is 1. The molecule has 4 heteroatoms. The molecule has 11 heavy (non-hydrogen) atoms. The van der Waals surface area contributed by atoms with Crippen molar-refractivity contribution in [1.29, 1.82) is 0 Å². The highest BCUT2D eigenvalue weighted by Gasteiger charge is 2.07. The number of hydrogen-bond donors (Lipinski definition) is 0. The summed E-state index contributed by atoms with van der Waals surface area (Å²) >= 11 is 5.43. The molecule has 0 rings (SSSR count). The third-order valence-electron chi connectivity index (χ3n) is 1.20. The average Bonchev–Trinajstić information content (AvgIpc) is 2.03. The molecule has 0 radical (unpaired) electrons. The highest BCUT2D eigenvalue weighted by Crippen LogP contribution is 2.00. The van der Waals surface area contributed by atoms with E-state index in [0.717, 1.165) is 17.4 Å². The zero-order valence-corrected chi connectivity index (χ0v) is 7.73. The van der Waals surface area contributed by atoms with Crippen molar-refractivity contribution >= 4 is 17.7 Å². The van der Waals surface area contributed by atoms with E-state index in [1.807, 2.05) is 6.92 Å². The normalized spacial score (nSPS) is 9.73. The first-order valence-electron chi connectivity index (χ1n) is 3.84. The van der Waals surface area contributed by atoms with Crippen LogP contribution in [-0.4, -0.2) is 17.1 Å². The van der Waals surface area contributed by atoms with E-state index in [0.29, 0.717) is 13.0 Å². The first-order valence-corrected chi connectivity index (χ1v) is 4.17. The minimum Gasteiger partial charge on any atom is -0.271 e. The SMILES string of the molecule is CCCCON(Cl)C(=O)CC. The zero-order chi connectivity index (χ0) is 8.69. The van der Waals surface area contributed by atoms with Gasteiger partial charge in [-0.3, -0.25) is 9.63 Å². The number of hydroxylamine groups is 1. The fraction of sp³-hybridized carbons (Fsp3) is 0.857. The molecule has 0 spiro atoms. The van der Waals surface area contributed by atoms with Crippen molar-refractivity contribution in [3.63, 3.8) is 0 Å². The van der Waals surface area contributed by atoms with Crippen LogP contribution in [0.5, 0.6) is 0 Å². The van der Waals surface area contributed by atoms with Crippen LogP contribution in [0.2, 0.25) is 0 Å².